The first-order chi connectivity index (χ1) is 12.1. The number of fused-ring (bicyclic) bond motifs is 6. The van der Waals surface area contributed by atoms with Gasteiger partial charge < -0.3 is 10.2 Å². The van der Waals surface area contributed by atoms with Crippen molar-refractivity contribution in [1.29, 1.82) is 0 Å². The maximum Gasteiger partial charge on any atom is 0.291 e. The molecule has 126 valence electrons. The van der Waals surface area contributed by atoms with Crippen molar-refractivity contribution in [3.63, 3.8) is 0 Å². The summed E-state index contributed by atoms with van der Waals surface area (Å²) in [5.41, 5.74) is 6.83. The second kappa shape index (κ2) is 6.05. The molecule has 25 heavy (non-hydrogen) atoms. The Morgan fingerprint density at radius 2 is 1.80 bits per heavy atom. The summed E-state index contributed by atoms with van der Waals surface area (Å²) < 4.78 is 2.28. The van der Waals surface area contributed by atoms with E-state index in [-0.39, 0.29) is 0 Å². The van der Waals surface area contributed by atoms with Gasteiger partial charge in [0.15, 0.2) is 12.4 Å². The Bertz CT molecular complexity index is 1100. The lowest BCUT2D eigenvalue weighted by Crippen LogP contribution is -2.24. The van der Waals surface area contributed by atoms with Crippen LogP contribution in [0.4, 0.5) is 0 Å². The van der Waals surface area contributed by atoms with Crippen LogP contribution in [-0.4, -0.2) is 15.3 Å². The van der Waals surface area contributed by atoms with Crippen molar-refractivity contribution in [2.45, 2.75) is 25.7 Å². The zero-order valence-corrected chi connectivity index (χ0v) is 13.6. The third-order valence-corrected chi connectivity index (χ3v) is 4.84. The molecule has 2 N–H and O–H groups in total. The van der Waals surface area contributed by atoms with E-state index in [4.69, 9.17) is 15.3 Å². The Morgan fingerprint density at radius 3 is 2.60 bits per heavy atom. The van der Waals surface area contributed by atoms with Gasteiger partial charge in [-0.15, -0.1) is 10.1 Å². The van der Waals surface area contributed by atoms with Gasteiger partial charge in [-0.1, -0.05) is 18.2 Å². The maximum absolute atomic E-state index is 8.36. The number of aromatic nitrogens is 2. The van der Waals surface area contributed by atoms with Gasteiger partial charge in [0.1, 0.15) is 5.52 Å². The minimum Gasteiger partial charge on any atom is -0.349 e. The van der Waals surface area contributed by atoms with Crippen LogP contribution in [0.15, 0.2) is 48.8 Å². The molecule has 1 aromatic carbocycles. The van der Waals surface area contributed by atoms with E-state index in [0.29, 0.717) is 0 Å². The van der Waals surface area contributed by atoms with Crippen molar-refractivity contribution in [2.24, 2.45) is 0 Å². The van der Waals surface area contributed by atoms with Crippen molar-refractivity contribution in [1.82, 2.24) is 4.98 Å². The van der Waals surface area contributed by atoms with Gasteiger partial charge >= 0.3 is 0 Å². The molecular formula is C19H18N3O3+. The molecule has 1 aliphatic rings. The molecule has 0 unspecified atom stereocenters. The van der Waals surface area contributed by atoms with Gasteiger partial charge in [-0.05, 0) is 37.3 Å². The zero-order chi connectivity index (χ0) is 17.4. The number of aryl methyl sites for hydroxylation is 2. The van der Waals surface area contributed by atoms with E-state index in [1.54, 1.807) is 0 Å². The molecule has 3 heterocycles. The lowest BCUT2D eigenvalue weighted by Gasteiger charge is -2.13. The van der Waals surface area contributed by atoms with Crippen LogP contribution in [0.2, 0.25) is 0 Å². The van der Waals surface area contributed by atoms with Crippen LogP contribution in [-0.2, 0) is 12.8 Å². The van der Waals surface area contributed by atoms with Crippen LogP contribution in [0.25, 0.3) is 27.3 Å². The Morgan fingerprint density at radius 1 is 1.08 bits per heavy atom. The lowest BCUT2D eigenvalue weighted by molar-refractivity contribution is -0.742. The smallest absolute Gasteiger partial charge is 0.291 e. The van der Waals surface area contributed by atoms with Crippen LogP contribution in [0, 0.1) is 10.1 Å². The van der Waals surface area contributed by atoms with Gasteiger partial charge in [-0.3, -0.25) is 0 Å². The molecule has 0 aliphatic heterocycles. The third kappa shape index (κ3) is 2.76. The van der Waals surface area contributed by atoms with Crippen molar-refractivity contribution >= 4 is 27.3 Å². The maximum atomic E-state index is 8.36. The molecule has 0 atom stereocenters. The SMILES string of the molecule is O=[N+]([O-])O.c1ccc2c(c1)[nH]c1c2cc[n+]2cc3c(cc12)CCCC3. The van der Waals surface area contributed by atoms with Crippen molar-refractivity contribution in [2.75, 3.05) is 0 Å². The molecule has 0 saturated carbocycles. The van der Waals surface area contributed by atoms with E-state index in [9.17, 15) is 0 Å². The highest BCUT2D eigenvalue weighted by Crippen LogP contribution is 2.28. The second-order valence-electron chi connectivity index (χ2n) is 6.34. The number of nitrogens with zero attached hydrogens (tertiary/aromatic N) is 2. The van der Waals surface area contributed by atoms with Crippen LogP contribution < -0.4 is 4.40 Å². The fourth-order valence-corrected chi connectivity index (χ4v) is 3.76. The average molecular weight is 336 g/mol. The molecule has 0 spiro atoms. The third-order valence-electron chi connectivity index (χ3n) is 4.84. The molecular weight excluding hydrogens is 318 g/mol. The molecule has 5 rings (SSSR count). The number of para-hydroxylation sites is 1. The van der Waals surface area contributed by atoms with E-state index >= 15 is 0 Å². The highest BCUT2D eigenvalue weighted by molar-refractivity contribution is 6.10. The van der Waals surface area contributed by atoms with Gasteiger partial charge in [0.05, 0.1) is 0 Å². The molecule has 0 amide bonds. The van der Waals surface area contributed by atoms with Gasteiger partial charge in [0.2, 0.25) is 5.52 Å². The standard InChI is InChI=1S/C19H16N2.HNO3/c1-2-6-14-12-21-10-9-16-15-7-3-4-8-17(15)20-19(16)18(21)11-13(14)5-1;2-1(3)4/h3-4,7-12H,1-2,5-6H2;(H,2,3,4)/p+1. The molecule has 3 aromatic heterocycles. The first kappa shape index (κ1) is 15.4. The highest BCUT2D eigenvalue weighted by Gasteiger charge is 2.18. The molecule has 0 fully saturated rings. The van der Waals surface area contributed by atoms with Gasteiger partial charge in [-0.2, -0.15) is 4.40 Å². The lowest BCUT2D eigenvalue weighted by atomic mass is 9.93. The normalized spacial score (nSPS) is 13.4. The molecule has 4 aromatic rings. The largest absolute Gasteiger partial charge is 0.349 e. The van der Waals surface area contributed by atoms with E-state index in [0.717, 1.165) is 0 Å². The monoisotopic (exact) mass is 336 g/mol. The molecule has 1 aliphatic carbocycles. The highest BCUT2D eigenvalue weighted by atomic mass is 16.9. The quantitative estimate of drug-likeness (QED) is 0.292. The molecule has 0 saturated heterocycles. The van der Waals surface area contributed by atoms with Crippen molar-refractivity contribution in [3.8, 4) is 0 Å². The first-order valence-corrected chi connectivity index (χ1v) is 8.33. The van der Waals surface area contributed by atoms with Crippen LogP contribution in [0.1, 0.15) is 24.0 Å². The Labute approximate surface area is 143 Å². The Hall–Kier alpha value is -3.15. The number of nitrogens with one attached hydrogen (secondary N) is 1. The summed E-state index contributed by atoms with van der Waals surface area (Å²) in [6.07, 6.45) is 9.63. The number of H-pyrrole nitrogens is 1. The number of aromatic amines is 1. The van der Waals surface area contributed by atoms with Crippen LogP contribution >= 0.6 is 0 Å². The number of pyridine rings is 2. The number of benzene rings is 1. The summed E-state index contributed by atoms with van der Waals surface area (Å²) in [6.45, 7) is 0. The van der Waals surface area contributed by atoms with E-state index in [2.05, 4.69) is 58.2 Å². The Balaban J connectivity index is 0.000000358. The molecule has 6 nitrogen and oxygen atoms in total. The van der Waals surface area contributed by atoms with Crippen molar-refractivity contribution in [3.05, 3.63) is 70.0 Å². The summed E-state index contributed by atoms with van der Waals surface area (Å²) in [7, 11) is 0. The number of hydrogen-bond acceptors (Lipinski definition) is 2. The van der Waals surface area contributed by atoms with Crippen molar-refractivity contribution < 1.29 is 14.7 Å². The summed E-state index contributed by atoms with van der Waals surface area (Å²) in [6, 6.07) is 13.2. The second-order valence-corrected chi connectivity index (χ2v) is 6.34. The minimum atomic E-state index is -1.50. The zero-order valence-electron chi connectivity index (χ0n) is 13.6. The van der Waals surface area contributed by atoms with Gasteiger partial charge in [0.25, 0.3) is 5.09 Å². The van der Waals surface area contributed by atoms with E-state index < -0.39 is 5.09 Å². The molecule has 0 radical (unpaired) electrons. The Kier molecular flexibility index (Phi) is 3.72. The summed E-state index contributed by atoms with van der Waals surface area (Å²) in [4.78, 5) is 12.0. The van der Waals surface area contributed by atoms with Crippen LogP contribution in [0.3, 0.4) is 0 Å². The number of rotatable bonds is 0. The summed E-state index contributed by atoms with van der Waals surface area (Å²) >= 11 is 0. The first-order valence-electron chi connectivity index (χ1n) is 8.33. The van der Waals surface area contributed by atoms with Gasteiger partial charge in [-0.25, -0.2) is 0 Å². The predicted octanol–water partition coefficient (Wildman–Crippen LogP) is 3.59. The van der Waals surface area contributed by atoms with E-state index in [1.165, 1.54) is 64.1 Å². The average Bonchev–Trinajstić information content (AvgIpc) is 2.99. The summed E-state index contributed by atoms with van der Waals surface area (Å²) in [5, 5.41) is 16.3. The van der Waals surface area contributed by atoms with Gasteiger partial charge in [0, 0.05) is 34.0 Å². The minimum absolute atomic E-state index is 1.22. The fraction of sp³-hybridized carbons (Fsp3) is 0.211. The summed E-state index contributed by atoms with van der Waals surface area (Å²) in [5.74, 6) is 0. The van der Waals surface area contributed by atoms with E-state index in [1.807, 2.05) is 0 Å². The molecule has 0 bridgehead atoms. The topological polar surface area (TPSA) is 83.3 Å². The van der Waals surface area contributed by atoms with Crippen LogP contribution in [0.5, 0.6) is 0 Å². The molecule has 6 heteroatoms. The predicted molar refractivity (Wildman–Crippen MR) is 94.4 cm³/mol. The fourth-order valence-electron chi connectivity index (χ4n) is 3.76. The number of hydrogen-bond donors (Lipinski definition) is 2.